The first kappa shape index (κ1) is 28.6. The molecule has 1 aliphatic rings. The van der Waals surface area contributed by atoms with Gasteiger partial charge in [-0.05, 0) is 53.8 Å². The molecule has 38 heavy (non-hydrogen) atoms. The van der Waals surface area contributed by atoms with E-state index in [-0.39, 0.29) is 25.5 Å². The molecule has 0 aromatic heterocycles. The van der Waals surface area contributed by atoms with Gasteiger partial charge >= 0.3 is 11.9 Å². The van der Waals surface area contributed by atoms with E-state index in [1.807, 2.05) is 49.1 Å². The fraction of sp³-hybridized carbons (Fsp3) is 0.423. The van der Waals surface area contributed by atoms with Crippen LogP contribution in [0.5, 0.6) is 0 Å². The summed E-state index contributed by atoms with van der Waals surface area (Å²) in [5.41, 5.74) is 13.6. The summed E-state index contributed by atoms with van der Waals surface area (Å²) >= 11 is 0. The summed E-state index contributed by atoms with van der Waals surface area (Å²) in [5.74, 6) is -2.10. The van der Waals surface area contributed by atoms with Gasteiger partial charge in [0.1, 0.15) is 0 Å². The van der Waals surface area contributed by atoms with Gasteiger partial charge < -0.3 is 15.5 Å². The maximum Gasteiger partial charge on any atom is 0.317 e. The minimum Gasteiger partial charge on any atom is -0.480 e. The number of carboxylic acids is 2. The monoisotopic (exact) mass is 523 g/mol. The Morgan fingerprint density at radius 2 is 1.29 bits per heavy atom. The summed E-state index contributed by atoms with van der Waals surface area (Å²) < 4.78 is 0. The van der Waals surface area contributed by atoms with Crippen molar-refractivity contribution in [3.05, 3.63) is 58.0 Å². The Morgan fingerprint density at radius 1 is 0.816 bits per heavy atom. The van der Waals surface area contributed by atoms with Crippen LogP contribution in [0.3, 0.4) is 0 Å². The fourth-order valence-corrected chi connectivity index (χ4v) is 4.41. The SMILES string of the molecule is Cc1cc(-c2ccc(NC(=O)CN3CCN(CC(=O)O)CCN(CC(=O)O)CC3)c(C)c2)ccc1N=[N+]=[N-]. The molecule has 12 nitrogen and oxygen atoms in total. The molecule has 0 bridgehead atoms. The van der Waals surface area contributed by atoms with Crippen LogP contribution in [-0.2, 0) is 14.4 Å². The van der Waals surface area contributed by atoms with Gasteiger partial charge in [0.15, 0.2) is 0 Å². The average molecular weight is 524 g/mol. The molecule has 0 radical (unpaired) electrons. The molecule has 12 heteroatoms. The van der Waals surface area contributed by atoms with Crippen LogP contribution in [0.1, 0.15) is 11.1 Å². The Bertz CT molecular complexity index is 1200. The molecule has 1 saturated heterocycles. The largest absolute Gasteiger partial charge is 0.480 e. The van der Waals surface area contributed by atoms with Crippen LogP contribution in [-0.4, -0.2) is 102 Å². The van der Waals surface area contributed by atoms with Crippen molar-refractivity contribution >= 4 is 29.2 Å². The summed E-state index contributed by atoms with van der Waals surface area (Å²) in [6.07, 6.45) is 0. The second-order valence-corrected chi connectivity index (χ2v) is 9.38. The number of carbonyl (C=O) groups excluding carboxylic acids is 1. The molecule has 3 N–H and O–H groups in total. The van der Waals surface area contributed by atoms with Gasteiger partial charge in [-0.3, -0.25) is 29.1 Å². The number of nitrogens with one attached hydrogen (secondary N) is 1. The topological polar surface area (TPSA) is 162 Å². The molecule has 1 aliphatic heterocycles. The number of carbonyl (C=O) groups is 3. The highest BCUT2D eigenvalue weighted by Crippen LogP contribution is 2.29. The first-order valence-electron chi connectivity index (χ1n) is 12.3. The molecule has 202 valence electrons. The molecule has 2 aromatic rings. The molecule has 1 heterocycles. The van der Waals surface area contributed by atoms with E-state index in [0.29, 0.717) is 50.6 Å². The molecule has 2 aromatic carbocycles. The lowest BCUT2D eigenvalue weighted by Gasteiger charge is -2.24. The second kappa shape index (κ2) is 13.5. The van der Waals surface area contributed by atoms with Crippen LogP contribution >= 0.6 is 0 Å². The minimum absolute atomic E-state index is 0.100. The standard InChI is InChI=1S/C26H33N7O5/c1-18-13-20(21-4-6-23(29-30-27)19(2)14-21)3-5-22(18)28-24(34)15-31-7-9-32(16-25(35)36)11-12-33(10-8-31)17-26(37)38/h3-6,13-14H,7-12,15-17H2,1-2H3,(H,28,34)(H,35,36)(H,37,38). The average Bonchev–Trinajstić information content (AvgIpc) is 2.93. The van der Waals surface area contributed by atoms with E-state index in [9.17, 15) is 24.6 Å². The van der Waals surface area contributed by atoms with Crippen molar-refractivity contribution in [3.63, 3.8) is 0 Å². The molecule has 0 unspecified atom stereocenters. The van der Waals surface area contributed by atoms with Crippen LogP contribution in [0.4, 0.5) is 11.4 Å². The van der Waals surface area contributed by atoms with Crippen LogP contribution in [0, 0.1) is 13.8 Å². The summed E-state index contributed by atoms with van der Waals surface area (Å²) in [6, 6.07) is 11.3. The van der Waals surface area contributed by atoms with Crippen molar-refractivity contribution in [2.75, 3.05) is 64.2 Å². The second-order valence-electron chi connectivity index (χ2n) is 9.38. The lowest BCUT2D eigenvalue weighted by molar-refractivity contribution is -0.140. The number of hydrogen-bond donors (Lipinski definition) is 3. The number of carboxylic acid groups (broad SMARTS) is 2. The Labute approximate surface area is 221 Å². The third-order valence-electron chi connectivity index (χ3n) is 6.47. The van der Waals surface area contributed by atoms with Gasteiger partial charge in [-0.25, -0.2) is 0 Å². The first-order chi connectivity index (χ1) is 18.1. The zero-order chi connectivity index (χ0) is 27.7. The molecular weight excluding hydrogens is 490 g/mol. The number of azide groups is 1. The van der Waals surface area contributed by atoms with E-state index >= 15 is 0 Å². The molecule has 3 rings (SSSR count). The molecular formula is C26H33N7O5. The lowest BCUT2D eigenvalue weighted by Crippen LogP contribution is -2.41. The lowest BCUT2D eigenvalue weighted by atomic mass is 10.00. The molecule has 0 aliphatic carbocycles. The van der Waals surface area contributed by atoms with Crippen LogP contribution < -0.4 is 5.32 Å². The maximum absolute atomic E-state index is 12.9. The van der Waals surface area contributed by atoms with Crippen molar-refractivity contribution < 1.29 is 24.6 Å². The van der Waals surface area contributed by atoms with Crippen molar-refractivity contribution in [3.8, 4) is 11.1 Å². The van der Waals surface area contributed by atoms with Crippen molar-refractivity contribution in [2.24, 2.45) is 5.11 Å². The van der Waals surface area contributed by atoms with Gasteiger partial charge in [0.2, 0.25) is 5.91 Å². The zero-order valence-corrected chi connectivity index (χ0v) is 21.6. The minimum atomic E-state index is -0.945. The molecule has 1 amide bonds. The highest BCUT2D eigenvalue weighted by atomic mass is 16.4. The third kappa shape index (κ3) is 8.56. The van der Waals surface area contributed by atoms with Crippen molar-refractivity contribution in [1.29, 1.82) is 0 Å². The van der Waals surface area contributed by atoms with Gasteiger partial charge in [-0.15, -0.1) is 0 Å². The Morgan fingerprint density at radius 3 is 1.74 bits per heavy atom. The Balaban J connectivity index is 1.66. The number of benzene rings is 2. The van der Waals surface area contributed by atoms with Crippen LogP contribution in [0.2, 0.25) is 0 Å². The highest BCUT2D eigenvalue weighted by Gasteiger charge is 2.21. The predicted octanol–water partition coefficient (Wildman–Crippen LogP) is 2.94. The third-order valence-corrected chi connectivity index (χ3v) is 6.47. The number of aryl methyl sites for hydroxylation is 2. The van der Waals surface area contributed by atoms with E-state index in [0.717, 1.165) is 22.3 Å². The molecule has 0 saturated carbocycles. The van der Waals surface area contributed by atoms with E-state index in [4.69, 9.17) is 5.53 Å². The summed E-state index contributed by atoms with van der Waals surface area (Å²) in [7, 11) is 0. The van der Waals surface area contributed by atoms with E-state index < -0.39 is 11.9 Å². The normalized spacial score (nSPS) is 15.5. The smallest absolute Gasteiger partial charge is 0.317 e. The van der Waals surface area contributed by atoms with Crippen molar-refractivity contribution in [2.45, 2.75) is 13.8 Å². The predicted molar refractivity (Wildman–Crippen MR) is 143 cm³/mol. The van der Waals surface area contributed by atoms with Crippen molar-refractivity contribution in [1.82, 2.24) is 14.7 Å². The van der Waals surface area contributed by atoms with Gasteiger partial charge in [-0.2, -0.15) is 0 Å². The molecule has 0 spiro atoms. The number of hydrogen-bond acceptors (Lipinski definition) is 7. The van der Waals surface area contributed by atoms with E-state index in [2.05, 4.69) is 15.3 Å². The molecule has 1 fully saturated rings. The molecule has 0 atom stereocenters. The number of aliphatic carboxylic acids is 2. The zero-order valence-electron chi connectivity index (χ0n) is 21.6. The quantitative estimate of drug-likeness (QED) is 0.257. The Hall–Kier alpha value is -3.96. The Kier molecular flexibility index (Phi) is 10.2. The van der Waals surface area contributed by atoms with Gasteiger partial charge in [-0.1, -0.05) is 29.4 Å². The maximum atomic E-state index is 12.9. The number of anilines is 1. The van der Waals surface area contributed by atoms with Crippen LogP contribution in [0.25, 0.3) is 21.6 Å². The summed E-state index contributed by atoms with van der Waals surface area (Å²) in [6.45, 7) is 6.41. The summed E-state index contributed by atoms with van der Waals surface area (Å²) in [4.78, 5) is 43.7. The van der Waals surface area contributed by atoms with Crippen LogP contribution in [0.15, 0.2) is 41.5 Å². The van der Waals surface area contributed by atoms with E-state index in [1.54, 1.807) is 15.9 Å². The highest BCUT2D eigenvalue weighted by molar-refractivity contribution is 5.93. The van der Waals surface area contributed by atoms with Gasteiger partial charge in [0.05, 0.1) is 19.6 Å². The first-order valence-corrected chi connectivity index (χ1v) is 12.3. The van der Waals surface area contributed by atoms with E-state index in [1.165, 1.54) is 0 Å². The number of nitrogens with zero attached hydrogens (tertiary/aromatic N) is 6. The fourth-order valence-electron chi connectivity index (χ4n) is 4.41. The number of rotatable bonds is 9. The number of amides is 1. The van der Waals surface area contributed by atoms with Gasteiger partial charge in [0.25, 0.3) is 0 Å². The van der Waals surface area contributed by atoms with Gasteiger partial charge in [0, 0.05) is 55.6 Å². The summed E-state index contributed by atoms with van der Waals surface area (Å²) in [5, 5.41) is 25.0.